The predicted octanol–water partition coefficient (Wildman–Crippen LogP) is 3.10. The maximum absolute atomic E-state index is 12.9. The molecular formula is C23H27N5O4. The quantitative estimate of drug-likeness (QED) is 0.586. The van der Waals surface area contributed by atoms with Gasteiger partial charge in [0.2, 0.25) is 0 Å². The van der Waals surface area contributed by atoms with Gasteiger partial charge in [-0.15, -0.1) is 0 Å². The highest BCUT2D eigenvalue weighted by atomic mass is 16.5. The maximum Gasteiger partial charge on any atom is 0.329 e. The largest absolute Gasteiger partial charge is 0.489 e. The standard InChI is InChI=1S/C23H27N5O4/c1-2-11-28-20-17(22(30)27-23(28)31)12-16(13-25-20)21(29)26-19-18(9-6-10-24-19)32-14-15-7-4-3-5-8-15/h6,9-10,12-13,15H,2-5,7-8,11,14H2,1H3,(H,24,26,29)(H,27,30,31). The Morgan fingerprint density at radius 2 is 2.06 bits per heavy atom. The Bertz CT molecular complexity index is 1230. The van der Waals surface area contributed by atoms with Crippen molar-refractivity contribution in [2.45, 2.75) is 52.0 Å². The van der Waals surface area contributed by atoms with E-state index in [-0.39, 0.29) is 16.6 Å². The van der Waals surface area contributed by atoms with Crippen LogP contribution in [0.4, 0.5) is 5.82 Å². The highest BCUT2D eigenvalue weighted by Gasteiger charge is 2.17. The second-order valence-corrected chi connectivity index (χ2v) is 8.13. The van der Waals surface area contributed by atoms with Crippen molar-refractivity contribution in [2.75, 3.05) is 11.9 Å². The van der Waals surface area contributed by atoms with Crippen molar-refractivity contribution >= 4 is 22.8 Å². The number of anilines is 1. The molecule has 0 aliphatic heterocycles. The number of hydrogen-bond donors (Lipinski definition) is 2. The molecule has 32 heavy (non-hydrogen) atoms. The van der Waals surface area contributed by atoms with Crippen molar-refractivity contribution in [3.05, 3.63) is 57.0 Å². The van der Waals surface area contributed by atoms with Gasteiger partial charge in [-0.1, -0.05) is 26.2 Å². The second-order valence-electron chi connectivity index (χ2n) is 8.13. The van der Waals surface area contributed by atoms with Gasteiger partial charge in [0, 0.05) is 18.9 Å². The number of aryl methyl sites for hydroxylation is 1. The molecular weight excluding hydrogens is 410 g/mol. The number of amides is 1. The lowest BCUT2D eigenvalue weighted by atomic mass is 9.90. The number of nitrogens with one attached hydrogen (secondary N) is 2. The Morgan fingerprint density at radius 3 is 2.84 bits per heavy atom. The fourth-order valence-electron chi connectivity index (χ4n) is 4.07. The second kappa shape index (κ2) is 9.76. The molecule has 9 heteroatoms. The number of aromatic amines is 1. The Labute approximate surface area is 184 Å². The van der Waals surface area contributed by atoms with Gasteiger partial charge in [0.15, 0.2) is 11.6 Å². The third-order valence-corrected chi connectivity index (χ3v) is 5.74. The summed E-state index contributed by atoms with van der Waals surface area (Å²) in [6.07, 6.45) is 9.68. The van der Waals surface area contributed by atoms with Crippen LogP contribution in [0, 0.1) is 5.92 Å². The molecule has 1 fully saturated rings. The molecule has 0 unspecified atom stereocenters. The summed E-state index contributed by atoms with van der Waals surface area (Å²) in [6, 6.07) is 4.97. The number of ether oxygens (including phenoxy) is 1. The summed E-state index contributed by atoms with van der Waals surface area (Å²) < 4.78 is 7.37. The van der Waals surface area contributed by atoms with Crippen LogP contribution in [-0.2, 0) is 6.54 Å². The molecule has 3 aromatic heterocycles. The van der Waals surface area contributed by atoms with E-state index >= 15 is 0 Å². The molecule has 1 aliphatic carbocycles. The first-order valence-electron chi connectivity index (χ1n) is 11.1. The number of pyridine rings is 2. The van der Waals surface area contributed by atoms with Crippen molar-refractivity contribution in [3.8, 4) is 5.75 Å². The first kappa shape index (κ1) is 21.7. The molecule has 0 spiro atoms. The van der Waals surface area contributed by atoms with E-state index in [1.807, 2.05) is 6.92 Å². The number of H-pyrrole nitrogens is 1. The molecule has 0 saturated heterocycles. The number of carbonyl (C=O) groups excluding carboxylic acids is 1. The summed E-state index contributed by atoms with van der Waals surface area (Å²) in [6.45, 7) is 2.93. The molecule has 0 aromatic carbocycles. The van der Waals surface area contributed by atoms with Gasteiger partial charge in [0.1, 0.15) is 5.65 Å². The lowest BCUT2D eigenvalue weighted by Crippen LogP contribution is -2.31. The number of nitrogens with zero attached hydrogens (tertiary/aromatic N) is 3. The van der Waals surface area contributed by atoms with Crippen molar-refractivity contribution in [3.63, 3.8) is 0 Å². The van der Waals surface area contributed by atoms with Gasteiger partial charge < -0.3 is 10.1 Å². The summed E-state index contributed by atoms with van der Waals surface area (Å²) in [4.78, 5) is 48.0. The van der Waals surface area contributed by atoms with Crippen LogP contribution in [0.2, 0.25) is 0 Å². The monoisotopic (exact) mass is 437 g/mol. The highest BCUT2D eigenvalue weighted by Crippen LogP contribution is 2.27. The smallest absolute Gasteiger partial charge is 0.329 e. The molecule has 0 atom stereocenters. The fraction of sp³-hybridized carbons (Fsp3) is 0.435. The van der Waals surface area contributed by atoms with E-state index < -0.39 is 17.2 Å². The van der Waals surface area contributed by atoms with Crippen molar-refractivity contribution in [2.24, 2.45) is 5.92 Å². The number of aromatic nitrogens is 4. The van der Waals surface area contributed by atoms with Crippen LogP contribution in [0.15, 0.2) is 40.2 Å². The van der Waals surface area contributed by atoms with E-state index in [0.29, 0.717) is 37.1 Å². The van der Waals surface area contributed by atoms with Gasteiger partial charge in [-0.2, -0.15) is 0 Å². The first-order valence-corrected chi connectivity index (χ1v) is 11.1. The van der Waals surface area contributed by atoms with E-state index in [1.165, 1.54) is 36.1 Å². The van der Waals surface area contributed by atoms with Gasteiger partial charge in [-0.05, 0) is 43.4 Å². The molecule has 0 bridgehead atoms. The molecule has 9 nitrogen and oxygen atoms in total. The molecule has 1 aliphatic rings. The SMILES string of the molecule is CCCn1c(=O)[nH]c(=O)c2cc(C(=O)Nc3ncccc3OCC3CCCCC3)cnc21. The maximum atomic E-state index is 12.9. The van der Waals surface area contributed by atoms with Crippen molar-refractivity contribution < 1.29 is 9.53 Å². The fourth-order valence-corrected chi connectivity index (χ4v) is 4.07. The van der Waals surface area contributed by atoms with Gasteiger partial charge in [-0.3, -0.25) is 19.1 Å². The third kappa shape index (κ3) is 4.71. The van der Waals surface area contributed by atoms with Crippen molar-refractivity contribution in [1.29, 1.82) is 0 Å². The van der Waals surface area contributed by atoms with Gasteiger partial charge in [-0.25, -0.2) is 14.8 Å². The molecule has 3 heterocycles. The lowest BCUT2D eigenvalue weighted by Gasteiger charge is -2.22. The molecule has 1 saturated carbocycles. The molecule has 2 N–H and O–H groups in total. The minimum absolute atomic E-state index is 0.181. The predicted molar refractivity (Wildman–Crippen MR) is 121 cm³/mol. The Morgan fingerprint density at radius 1 is 1.25 bits per heavy atom. The Balaban J connectivity index is 1.55. The third-order valence-electron chi connectivity index (χ3n) is 5.74. The highest BCUT2D eigenvalue weighted by molar-refractivity contribution is 6.05. The van der Waals surface area contributed by atoms with Crippen LogP contribution >= 0.6 is 0 Å². The minimum Gasteiger partial charge on any atom is -0.489 e. The Hall–Kier alpha value is -3.49. The van der Waals surface area contributed by atoms with Crippen LogP contribution in [-0.4, -0.2) is 32.0 Å². The van der Waals surface area contributed by atoms with E-state index in [1.54, 1.807) is 18.3 Å². The summed E-state index contributed by atoms with van der Waals surface area (Å²) in [7, 11) is 0. The molecule has 4 rings (SSSR count). The van der Waals surface area contributed by atoms with Gasteiger partial charge in [0.25, 0.3) is 11.5 Å². The zero-order chi connectivity index (χ0) is 22.5. The molecule has 168 valence electrons. The number of fused-ring (bicyclic) bond motifs is 1. The molecule has 3 aromatic rings. The van der Waals surface area contributed by atoms with Crippen LogP contribution in [0.3, 0.4) is 0 Å². The average Bonchev–Trinajstić information content (AvgIpc) is 2.81. The summed E-state index contributed by atoms with van der Waals surface area (Å²) in [5, 5.41) is 2.94. The lowest BCUT2D eigenvalue weighted by molar-refractivity contribution is 0.102. The van der Waals surface area contributed by atoms with Crippen LogP contribution < -0.4 is 21.3 Å². The van der Waals surface area contributed by atoms with Crippen LogP contribution in [0.5, 0.6) is 5.75 Å². The summed E-state index contributed by atoms with van der Waals surface area (Å²) in [5.74, 6) is 0.881. The van der Waals surface area contributed by atoms with E-state index in [9.17, 15) is 14.4 Å². The average molecular weight is 438 g/mol. The zero-order valence-corrected chi connectivity index (χ0v) is 18.1. The van der Waals surface area contributed by atoms with E-state index in [2.05, 4.69) is 20.3 Å². The zero-order valence-electron chi connectivity index (χ0n) is 18.1. The number of rotatable bonds is 7. The number of carbonyl (C=O) groups is 1. The van der Waals surface area contributed by atoms with Crippen molar-refractivity contribution in [1.82, 2.24) is 19.5 Å². The topological polar surface area (TPSA) is 119 Å². The first-order chi connectivity index (χ1) is 15.6. The Kier molecular flexibility index (Phi) is 6.63. The van der Waals surface area contributed by atoms with Gasteiger partial charge in [0.05, 0.1) is 17.6 Å². The minimum atomic E-state index is -0.575. The normalized spacial score (nSPS) is 14.4. The summed E-state index contributed by atoms with van der Waals surface area (Å²) in [5.41, 5.74) is -0.642. The molecule has 1 amide bonds. The van der Waals surface area contributed by atoms with E-state index in [0.717, 1.165) is 12.8 Å². The van der Waals surface area contributed by atoms with E-state index in [4.69, 9.17) is 4.74 Å². The number of hydrogen-bond acceptors (Lipinski definition) is 6. The van der Waals surface area contributed by atoms with Crippen LogP contribution in [0.25, 0.3) is 11.0 Å². The van der Waals surface area contributed by atoms with Crippen LogP contribution in [0.1, 0.15) is 55.8 Å². The summed E-state index contributed by atoms with van der Waals surface area (Å²) >= 11 is 0. The van der Waals surface area contributed by atoms with Gasteiger partial charge >= 0.3 is 5.69 Å². The molecule has 0 radical (unpaired) electrons.